The molecule has 23 heavy (non-hydrogen) atoms. The molecule has 0 fully saturated rings. The van der Waals surface area contributed by atoms with E-state index < -0.39 is 0 Å². The van der Waals surface area contributed by atoms with Gasteiger partial charge in [-0.1, -0.05) is 24.3 Å². The predicted molar refractivity (Wildman–Crippen MR) is 87.6 cm³/mol. The fourth-order valence-corrected chi connectivity index (χ4v) is 2.77. The lowest BCUT2D eigenvalue weighted by atomic mass is 9.98. The largest absolute Gasteiger partial charge is 0.467 e. The Morgan fingerprint density at radius 2 is 1.96 bits per heavy atom. The van der Waals surface area contributed by atoms with Gasteiger partial charge in [-0.15, -0.1) is 0 Å². The molecule has 6 nitrogen and oxygen atoms in total. The SMILES string of the molecule is COc1nccc(NC(=O)N2CCCc3ccccc3CC2)n1. The highest BCUT2D eigenvalue weighted by Gasteiger charge is 2.17. The first-order valence-electron chi connectivity index (χ1n) is 7.76. The number of rotatable bonds is 2. The second kappa shape index (κ2) is 7.09. The van der Waals surface area contributed by atoms with E-state index in [-0.39, 0.29) is 12.0 Å². The molecular weight excluding hydrogens is 292 g/mol. The summed E-state index contributed by atoms with van der Waals surface area (Å²) in [5, 5.41) is 2.81. The van der Waals surface area contributed by atoms with E-state index >= 15 is 0 Å². The van der Waals surface area contributed by atoms with Crippen LogP contribution in [0.4, 0.5) is 10.6 Å². The molecule has 1 aromatic heterocycles. The fraction of sp³-hybridized carbons (Fsp3) is 0.353. The third-order valence-corrected chi connectivity index (χ3v) is 3.98. The predicted octanol–water partition coefficient (Wildman–Crippen LogP) is 2.51. The lowest BCUT2D eigenvalue weighted by Gasteiger charge is -2.26. The van der Waals surface area contributed by atoms with E-state index in [9.17, 15) is 4.79 Å². The average Bonchev–Trinajstić information content (AvgIpc) is 2.56. The molecule has 1 aliphatic rings. The Hall–Kier alpha value is -2.63. The molecule has 1 aliphatic heterocycles. The number of hydrogen-bond donors (Lipinski definition) is 1. The number of aromatic nitrogens is 2. The van der Waals surface area contributed by atoms with Crippen molar-refractivity contribution in [2.24, 2.45) is 0 Å². The Kier molecular flexibility index (Phi) is 4.71. The number of carbonyl (C=O) groups excluding carboxylic acids is 1. The molecule has 120 valence electrons. The van der Waals surface area contributed by atoms with Crippen molar-refractivity contribution in [2.45, 2.75) is 19.3 Å². The van der Waals surface area contributed by atoms with Gasteiger partial charge in [0.15, 0.2) is 0 Å². The molecule has 0 atom stereocenters. The number of methoxy groups -OCH3 is 1. The Balaban J connectivity index is 1.66. The molecule has 0 saturated heterocycles. The van der Waals surface area contributed by atoms with Crippen LogP contribution in [-0.4, -0.2) is 41.1 Å². The average molecular weight is 312 g/mol. The third-order valence-electron chi connectivity index (χ3n) is 3.98. The van der Waals surface area contributed by atoms with E-state index in [0.717, 1.165) is 25.8 Å². The summed E-state index contributed by atoms with van der Waals surface area (Å²) in [5.41, 5.74) is 2.72. The Bertz CT molecular complexity index is 690. The zero-order valence-electron chi connectivity index (χ0n) is 13.2. The quantitative estimate of drug-likeness (QED) is 0.925. The van der Waals surface area contributed by atoms with E-state index in [1.165, 1.54) is 18.2 Å². The standard InChI is InChI=1S/C17H20N4O2/c1-23-16-18-10-8-15(19-16)20-17(22)21-11-4-7-13-5-2-3-6-14(13)9-12-21/h2-3,5-6,8,10H,4,7,9,11-12H2,1H3,(H,18,19,20,22). The number of nitrogens with one attached hydrogen (secondary N) is 1. The molecule has 2 amide bonds. The van der Waals surface area contributed by atoms with Crippen molar-refractivity contribution in [1.29, 1.82) is 0 Å². The molecule has 0 unspecified atom stereocenters. The molecule has 1 aromatic carbocycles. The molecule has 2 aromatic rings. The van der Waals surface area contributed by atoms with Crippen LogP contribution in [0.2, 0.25) is 0 Å². The van der Waals surface area contributed by atoms with Gasteiger partial charge in [0.05, 0.1) is 7.11 Å². The highest BCUT2D eigenvalue weighted by Crippen LogP contribution is 2.16. The van der Waals surface area contributed by atoms with Crippen molar-refractivity contribution in [3.05, 3.63) is 47.7 Å². The van der Waals surface area contributed by atoms with E-state index in [2.05, 4.69) is 39.6 Å². The number of fused-ring (bicyclic) bond motifs is 1. The van der Waals surface area contributed by atoms with Crippen molar-refractivity contribution in [1.82, 2.24) is 14.9 Å². The highest BCUT2D eigenvalue weighted by molar-refractivity contribution is 5.88. The summed E-state index contributed by atoms with van der Waals surface area (Å²) in [6, 6.07) is 10.2. The number of carbonyl (C=O) groups is 1. The molecule has 0 aliphatic carbocycles. The van der Waals surface area contributed by atoms with E-state index in [4.69, 9.17) is 4.74 Å². The van der Waals surface area contributed by atoms with Gasteiger partial charge in [-0.2, -0.15) is 4.98 Å². The summed E-state index contributed by atoms with van der Waals surface area (Å²) < 4.78 is 4.97. The Labute approximate surface area is 135 Å². The van der Waals surface area contributed by atoms with Crippen LogP contribution >= 0.6 is 0 Å². The van der Waals surface area contributed by atoms with Crippen LogP contribution in [0, 0.1) is 0 Å². The minimum Gasteiger partial charge on any atom is -0.467 e. The molecule has 3 rings (SSSR count). The van der Waals surface area contributed by atoms with Gasteiger partial charge in [0, 0.05) is 19.3 Å². The Morgan fingerprint density at radius 1 is 1.17 bits per heavy atom. The zero-order valence-corrected chi connectivity index (χ0v) is 13.2. The molecular formula is C17H20N4O2. The summed E-state index contributed by atoms with van der Waals surface area (Å²) in [7, 11) is 1.50. The number of benzene rings is 1. The van der Waals surface area contributed by atoms with E-state index in [0.29, 0.717) is 12.4 Å². The third kappa shape index (κ3) is 3.77. The van der Waals surface area contributed by atoms with Crippen LogP contribution in [-0.2, 0) is 12.8 Å². The van der Waals surface area contributed by atoms with E-state index in [1.54, 1.807) is 12.3 Å². The van der Waals surface area contributed by atoms with Crippen molar-refractivity contribution in [3.63, 3.8) is 0 Å². The summed E-state index contributed by atoms with van der Waals surface area (Å²) in [5.74, 6) is 0.448. The summed E-state index contributed by atoms with van der Waals surface area (Å²) in [6.07, 6.45) is 4.39. The van der Waals surface area contributed by atoms with E-state index in [1.807, 2.05) is 4.90 Å². The zero-order chi connectivity index (χ0) is 16.1. The van der Waals surface area contributed by atoms with Gasteiger partial charge < -0.3 is 9.64 Å². The number of anilines is 1. The first-order chi connectivity index (χ1) is 11.3. The van der Waals surface area contributed by atoms with Crippen molar-refractivity contribution in [2.75, 3.05) is 25.5 Å². The summed E-state index contributed by atoms with van der Waals surface area (Å²) >= 11 is 0. The molecule has 0 saturated carbocycles. The fourth-order valence-electron chi connectivity index (χ4n) is 2.77. The van der Waals surface area contributed by atoms with Crippen molar-refractivity contribution < 1.29 is 9.53 Å². The number of ether oxygens (including phenoxy) is 1. The van der Waals surface area contributed by atoms with Gasteiger partial charge in [0.25, 0.3) is 0 Å². The monoisotopic (exact) mass is 312 g/mol. The molecule has 0 radical (unpaired) electrons. The lowest BCUT2D eigenvalue weighted by molar-refractivity contribution is 0.210. The van der Waals surface area contributed by atoms with Crippen molar-refractivity contribution >= 4 is 11.8 Å². The Morgan fingerprint density at radius 3 is 2.74 bits per heavy atom. The van der Waals surface area contributed by atoms with Gasteiger partial charge in [-0.3, -0.25) is 5.32 Å². The smallest absolute Gasteiger partial charge is 0.323 e. The molecule has 2 heterocycles. The van der Waals surface area contributed by atoms with Crippen LogP contribution in [0.1, 0.15) is 17.5 Å². The van der Waals surface area contributed by atoms with Gasteiger partial charge in [0.1, 0.15) is 5.82 Å². The summed E-state index contributed by atoms with van der Waals surface area (Å²) in [6.45, 7) is 1.44. The molecule has 0 bridgehead atoms. The lowest BCUT2D eigenvalue weighted by Crippen LogP contribution is -2.38. The van der Waals surface area contributed by atoms with Gasteiger partial charge in [-0.25, -0.2) is 9.78 Å². The van der Waals surface area contributed by atoms with Crippen LogP contribution < -0.4 is 10.1 Å². The highest BCUT2D eigenvalue weighted by atomic mass is 16.5. The second-order valence-electron chi connectivity index (χ2n) is 5.47. The van der Waals surface area contributed by atoms with Crippen LogP contribution in [0.3, 0.4) is 0 Å². The maximum Gasteiger partial charge on any atom is 0.323 e. The van der Waals surface area contributed by atoms with Crippen LogP contribution in [0.5, 0.6) is 6.01 Å². The van der Waals surface area contributed by atoms with Crippen molar-refractivity contribution in [3.8, 4) is 6.01 Å². The van der Waals surface area contributed by atoms with Gasteiger partial charge in [-0.05, 0) is 36.5 Å². The second-order valence-corrected chi connectivity index (χ2v) is 5.47. The van der Waals surface area contributed by atoms with Crippen LogP contribution in [0.15, 0.2) is 36.5 Å². The minimum atomic E-state index is -0.134. The van der Waals surface area contributed by atoms with Gasteiger partial charge in [0.2, 0.25) is 0 Å². The van der Waals surface area contributed by atoms with Gasteiger partial charge >= 0.3 is 12.0 Å². The first-order valence-corrected chi connectivity index (χ1v) is 7.76. The maximum absolute atomic E-state index is 12.5. The van der Waals surface area contributed by atoms with Crippen LogP contribution in [0.25, 0.3) is 0 Å². The maximum atomic E-state index is 12.5. The molecule has 0 spiro atoms. The minimum absolute atomic E-state index is 0.134. The number of nitrogens with zero attached hydrogens (tertiary/aromatic N) is 3. The number of amides is 2. The topological polar surface area (TPSA) is 67.3 Å². The first kappa shape index (κ1) is 15.3. The number of urea groups is 1. The number of aryl methyl sites for hydroxylation is 1. The number of hydrogen-bond acceptors (Lipinski definition) is 4. The molecule has 6 heteroatoms. The molecule has 1 N–H and O–H groups in total. The normalized spacial score (nSPS) is 14.4. The summed E-state index contributed by atoms with van der Waals surface area (Å²) in [4.78, 5) is 22.3.